The van der Waals surface area contributed by atoms with Crippen LogP contribution in [0.1, 0.15) is 28.4 Å². The molecule has 0 fully saturated rings. The van der Waals surface area contributed by atoms with Gasteiger partial charge in [0.25, 0.3) is 0 Å². The van der Waals surface area contributed by atoms with Crippen LogP contribution in [0.3, 0.4) is 0 Å². The van der Waals surface area contributed by atoms with Crippen molar-refractivity contribution >= 4 is 16.9 Å². The number of halogens is 1. The van der Waals surface area contributed by atoms with Gasteiger partial charge in [-0.05, 0) is 41.8 Å². The lowest BCUT2D eigenvalue weighted by molar-refractivity contribution is -0.143. The molecule has 3 aromatic rings. The summed E-state index contributed by atoms with van der Waals surface area (Å²) >= 11 is 0. The molecule has 1 aliphatic heterocycles. The van der Waals surface area contributed by atoms with Crippen LogP contribution < -0.4 is 5.32 Å². The SMILES string of the molecule is COC(=O)[C@H]1Cc2c([nH]c3ccccc23)[C@@H](c2cc(C)cc(F)c2)N1. The van der Waals surface area contributed by atoms with Gasteiger partial charge in [0.1, 0.15) is 11.9 Å². The number of rotatable bonds is 2. The third kappa shape index (κ3) is 2.70. The first kappa shape index (κ1) is 15.8. The van der Waals surface area contributed by atoms with Crippen LogP contribution in [0.25, 0.3) is 10.9 Å². The van der Waals surface area contributed by atoms with E-state index in [9.17, 15) is 9.18 Å². The standard InChI is InChI=1S/C20H19FN2O2/c1-11-7-12(9-13(21)8-11)18-19-15(10-17(23-18)20(24)25-2)14-5-3-4-6-16(14)22-19/h3-9,17-18,22-23H,10H2,1-2H3/t17-,18-/m1/s1. The second kappa shape index (κ2) is 6.01. The number of hydrogen-bond donors (Lipinski definition) is 2. The highest BCUT2D eigenvalue weighted by Gasteiger charge is 2.34. The first-order valence-electron chi connectivity index (χ1n) is 8.27. The number of benzene rings is 2. The third-order valence-electron chi connectivity index (χ3n) is 4.79. The molecule has 2 atom stereocenters. The number of esters is 1. The van der Waals surface area contributed by atoms with Gasteiger partial charge in [0.15, 0.2) is 0 Å². The number of nitrogens with one attached hydrogen (secondary N) is 2. The predicted octanol–water partition coefficient (Wildman–Crippen LogP) is 3.39. The maximum atomic E-state index is 14.0. The summed E-state index contributed by atoms with van der Waals surface area (Å²) in [6, 6.07) is 12.2. The van der Waals surface area contributed by atoms with Crippen LogP contribution in [0.2, 0.25) is 0 Å². The van der Waals surface area contributed by atoms with Crippen molar-refractivity contribution in [3.63, 3.8) is 0 Å². The Morgan fingerprint density at radius 1 is 1.24 bits per heavy atom. The average Bonchev–Trinajstić information content (AvgIpc) is 2.98. The fourth-order valence-corrected chi connectivity index (χ4v) is 3.72. The molecule has 0 amide bonds. The van der Waals surface area contributed by atoms with Crippen LogP contribution in [-0.4, -0.2) is 24.1 Å². The van der Waals surface area contributed by atoms with Crippen LogP contribution in [0, 0.1) is 12.7 Å². The Labute approximate surface area is 145 Å². The van der Waals surface area contributed by atoms with Crippen molar-refractivity contribution in [2.24, 2.45) is 0 Å². The monoisotopic (exact) mass is 338 g/mol. The Bertz CT molecular complexity index is 943. The van der Waals surface area contributed by atoms with Crippen molar-refractivity contribution in [3.05, 3.63) is 70.7 Å². The molecule has 0 unspecified atom stereocenters. The van der Waals surface area contributed by atoms with Gasteiger partial charge in [-0.25, -0.2) is 4.39 Å². The molecular formula is C20H19FN2O2. The van der Waals surface area contributed by atoms with E-state index in [-0.39, 0.29) is 17.8 Å². The molecule has 25 heavy (non-hydrogen) atoms. The lowest BCUT2D eigenvalue weighted by Crippen LogP contribution is -2.45. The summed E-state index contributed by atoms with van der Waals surface area (Å²) in [5.74, 6) is -0.594. The number of H-pyrrole nitrogens is 1. The number of methoxy groups -OCH3 is 1. The van der Waals surface area contributed by atoms with E-state index in [1.165, 1.54) is 19.2 Å². The minimum atomic E-state index is -0.467. The Kier molecular flexibility index (Phi) is 3.81. The van der Waals surface area contributed by atoms with Crippen molar-refractivity contribution in [1.82, 2.24) is 10.3 Å². The summed E-state index contributed by atoms with van der Waals surface area (Å²) in [7, 11) is 1.39. The van der Waals surface area contributed by atoms with Crippen LogP contribution in [-0.2, 0) is 16.0 Å². The highest BCUT2D eigenvalue weighted by Crippen LogP contribution is 2.35. The van der Waals surface area contributed by atoms with Gasteiger partial charge in [0.2, 0.25) is 0 Å². The van der Waals surface area contributed by atoms with E-state index >= 15 is 0 Å². The van der Waals surface area contributed by atoms with Crippen molar-refractivity contribution < 1.29 is 13.9 Å². The third-order valence-corrected chi connectivity index (χ3v) is 4.79. The van der Waals surface area contributed by atoms with E-state index in [0.29, 0.717) is 6.42 Å². The summed E-state index contributed by atoms with van der Waals surface area (Å²) in [5.41, 5.74) is 4.70. The molecule has 0 saturated carbocycles. The first-order chi connectivity index (χ1) is 12.1. The molecule has 2 N–H and O–H groups in total. The van der Waals surface area contributed by atoms with Gasteiger partial charge < -0.3 is 9.72 Å². The predicted molar refractivity (Wildman–Crippen MR) is 93.9 cm³/mol. The number of carbonyl (C=O) groups excluding carboxylic acids is 1. The fourth-order valence-electron chi connectivity index (χ4n) is 3.72. The van der Waals surface area contributed by atoms with E-state index in [4.69, 9.17) is 4.74 Å². The van der Waals surface area contributed by atoms with Gasteiger partial charge in [-0.3, -0.25) is 10.1 Å². The van der Waals surface area contributed by atoms with Gasteiger partial charge >= 0.3 is 5.97 Å². The normalized spacial score (nSPS) is 19.6. The average molecular weight is 338 g/mol. The maximum Gasteiger partial charge on any atom is 0.323 e. The largest absolute Gasteiger partial charge is 0.468 e. The number of aryl methyl sites for hydroxylation is 1. The summed E-state index contributed by atoms with van der Waals surface area (Å²) in [6.45, 7) is 1.86. The molecule has 0 radical (unpaired) electrons. The zero-order valence-corrected chi connectivity index (χ0v) is 14.1. The quantitative estimate of drug-likeness (QED) is 0.704. The van der Waals surface area contributed by atoms with Crippen LogP contribution in [0.4, 0.5) is 4.39 Å². The van der Waals surface area contributed by atoms with Crippen LogP contribution in [0.5, 0.6) is 0 Å². The first-order valence-corrected chi connectivity index (χ1v) is 8.27. The molecule has 0 aliphatic carbocycles. The van der Waals surface area contributed by atoms with E-state index < -0.39 is 6.04 Å². The molecule has 0 bridgehead atoms. The Balaban J connectivity index is 1.90. The zero-order valence-electron chi connectivity index (χ0n) is 14.1. The summed E-state index contributed by atoms with van der Waals surface area (Å²) in [6.07, 6.45) is 0.539. The van der Waals surface area contributed by atoms with Crippen molar-refractivity contribution in [2.75, 3.05) is 7.11 Å². The van der Waals surface area contributed by atoms with E-state index in [2.05, 4.69) is 10.3 Å². The number of aromatic nitrogens is 1. The smallest absolute Gasteiger partial charge is 0.323 e. The number of para-hydroxylation sites is 1. The number of hydrogen-bond acceptors (Lipinski definition) is 3. The Hall–Kier alpha value is -2.66. The van der Waals surface area contributed by atoms with Gasteiger partial charge in [0.05, 0.1) is 13.2 Å². The second-order valence-corrected chi connectivity index (χ2v) is 6.50. The summed E-state index contributed by atoms with van der Waals surface area (Å²) in [5, 5.41) is 4.41. The molecule has 2 aromatic carbocycles. The van der Waals surface area contributed by atoms with Crippen molar-refractivity contribution in [2.45, 2.75) is 25.4 Å². The van der Waals surface area contributed by atoms with Crippen LogP contribution >= 0.6 is 0 Å². The molecule has 4 nitrogen and oxygen atoms in total. The molecule has 1 aliphatic rings. The Morgan fingerprint density at radius 3 is 2.80 bits per heavy atom. The minimum Gasteiger partial charge on any atom is -0.468 e. The highest BCUT2D eigenvalue weighted by molar-refractivity contribution is 5.87. The molecule has 2 heterocycles. The van der Waals surface area contributed by atoms with Gasteiger partial charge in [-0.2, -0.15) is 0 Å². The van der Waals surface area contributed by atoms with Crippen molar-refractivity contribution in [3.8, 4) is 0 Å². The fraction of sp³-hybridized carbons (Fsp3) is 0.250. The minimum absolute atomic E-state index is 0.283. The van der Waals surface area contributed by atoms with E-state index in [0.717, 1.165) is 33.3 Å². The number of aromatic amines is 1. The lowest BCUT2D eigenvalue weighted by atomic mass is 9.90. The molecule has 5 heteroatoms. The maximum absolute atomic E-state index is 14.0. The van der Waals surface area contributed by atoms with Crippen molar-refractivity contribution in [1.29, 1.82) is 0 Å². The molecule has 128 valence electrons. The topological polar surface area (TPSA) is 54.1 Å². The van der Waals surface area contributed by atoms with E-state index in [1.807, 2.05) is 37.3 Å². The van der Waals surface area contributed by atoms with E-state index in [1.54, 1.807) is 0 Å². The molecule has 0 saturated heterocycles. The second-order valence-electron chi connectivity index (χ2n) is 6.50. The van der Waals surface area contributed by atoms with Gasteiger partial charge in [-0.15, -0.1) is 0 Å². The summed E-state index contributed by atoms with van der Waals surface area (Å²) in [4.78, 5) is 15.6. The summed E-state index contributed by atoms with van der Waals surface area (Å²) < 4.78 is 18.9. The Morgan fingerprint density at radius 2 is 2.04 bits per heavy atom. The molecule has 4 rings (SSSR count). The molecule has 0 spiro atoms. The number of ether oxygens (including phenoxy) is 1. The lowest BCUT2D eigenvalue weighted by Gasteiger charge is -2.30. The molecule has 1 aromatic heterocycles. The van der Waals surface area contributed by atoms with Gasteiger partial charge in [-0.1, -0.05) is 24.3 Å². The molecular weight excluding hydrogens is 319 g/mol. The number of carbonyl (C=O) groups is 1. The zero-order chi connectivity index (χ0) is 17.6. The van der Waals surface area contributed by atoms with Gasteiger partial charge in [0, 0.05) is 23.0 Å². The highest BCUT2D eigenvalue weighted by atomic mass is 19.1. The van der Waals surface area contributed by atoms with Crippen LogP contribution in [0.15, 0.2) is 42.5 Å². The number of fused-ring (bicyclic) bond motifs is 3.